The van der Waals surface area contributed by atoms with Crippen molar-refractivity contribution < 1.29 is 28.0 Å². The molecule has 0 saturated heterocycles. The molecule has 1 aromatic rings. The summed E-state index contributed by atoms with van der Waals surface area (Å²) < 4.78 is 33.2. The fraction of sp³-hybridized carbons (Fsp3) is 0.250. The van der Waals surface area contributed by atoms with Gasteiger partial charge in [-0.25, -0.2) is 4.79 Å². The molecule has 0 spiro atoms. The summed E-state index contributed by atoms with van der Waals surface area (Å²) in [4.78, 5) is 21.1. The molecule has 0 N–H and O–H groups in total. The van der Waals surface area contributed by atoms with Crippen LogP contribution in [0.25, 0.3) is 6.08 Å². The average Bonchev–Trinajstić information content (AvgIpc) is 2.37. The van der Waals surface area contributed by atoms with Crippen LogP contribution in [0.3, 0.4) is 0 Å². The van der Waals surface area contributed by atoms with Crippen molar-refractivity contribution in [1.82, 2.24) is 0 Å². The molecule has 0 aliphatic rings. The minimum atomic E-state index is -3.08. The van der Waals surface area contributed by atoms with E-state index >= 15 is 0 Å². The summed E-state index contributed by atoms with van der Waals surface area (Å²) in [7, 11) is 0. The third-order valence-electron chi connectivity index (χ3n) is 2.11. The van der Waals surface area contributed by atoms with Crippen molar-refractivity contribution in [3.63, 3.8) is 0 Å². The maximum absolute atomic E-state index is 12.2. The van der Waals surface area contributed by atoms with E-state index in [9.17, 15) is 23.7 Å². The average molecular weight is 287 g/mol. The number of benzene rings is 1. The summed E-state index contributed by atoms with van der Waals surface area (Å²) >= 11 is 0. The van der Waals surface area contributed by atoms with Gasteiger partial charge in [0.05, 0.1) is 11.5 Å². The van der Waals surface area contributed by atoms with Crippen molar-refractivity contribution >= 4 is 17.7 Å². The van der Waals surface area contributed by atoms with Crippen molar-refractivity contribution in [3.05, 3.63) is 40.0 Å². The Hall–Kier alpha value is -2.51. The van der Waals surface area contributed by atoms with E-state index in [1.807, 2.05) is 0 Å². The molecule has 6 nitrogen and oxygen atoms in total. The van der Waals surface area contributed by atoms with E-state index in [1.165, 1.54) is 0 Å². The van der Waals surface area contributed by atoms with Gasteiger partial charge < -0.3 is 9.47 Å². The van der Waals surface area contributed by atoms with Gasteiger partial charge in [0.1, 0.15) is 5.75 Å². The molecule has 1 rings (SSSR count). The molecule has 0 amide bonds. The van der Waals surface area contributed by atoms with Crippen molar-refractivity contribution in [1.29, 1.82) is 0 Å². The van der Waals surface area contributed by atoms with Crippen LogP contribution >= 0.6 is 0 Å². The largest absolute Gasteiger partial charge is 0.463 e. The highest BCUT2D eigenvalue weighted by Gasteiger charge is 2.13. The van der Waals surface area contributed by atoms with Gasteiger partial charge in [0.15, 0.2) is 0 Å². The zero-order valence-electron chi connectivity index (χ0n) is 10.4. The molecule has 0 fully saturated rings. The van der Waals surface area contributed by atoms with Gasteiger partial charge in [-0.15, -0.1) is 0 Å². The first-order chi connectivity index (χ1) is 9.43. The maximum atomic E-state index is 12.2. The summed E-state index contributed by atoms with van der Waals surface area (Å²) in [5, 5.41) is 10.6. The van der Waals surface area contributed by atoms with Crippen LogP contribution in [-0.4, -0.2) is 24.1 Å². The van der Waals surface area contributed by atoms with Crippen LogP contribution in [0.15, 0.2) is 24.3 Å². The van der Waals surface area contributed by atoms with Crippen molar-refractivity contribution in [2.45, 2.75) is 13.5 Å². The summed E-state index contributed by atoms with van der Waals surface area (Å²) in [6.45, 7) is -1.32. The van der Waals surface area contributed by atoms with Gasteiger partial charge in [-0.2, -0.15) is 8.78 Å². The second kappa shape index (κ2) is 7.17. The summed E-state index contributed by atoms with van der Waals surface area (Å²) in [6, 6.07) is 3.09. The van der Waals surface area contributed by atoms with E-state index in [-0.39, 0.29) is 23.6 Å². The van der Waals surface area contributed by atoms with Crippen molar-refractivity contribution in [3.8, 4) is 5.75 Å². The molecule has 0 aliphatic heterocycles. The standard InChI is InChI=1S/C12H11F2NO5/c1-2-19-11(16)6-3-8-7-9(15(17)18)4-5-10(8)20-12(13)14/h3-7,12H,2H2,1H3/b6-3+. The number of non-ortho nitro benzene ring substituents is 1. The molecule has 0 atom stereocenters. The number of hydrogen-bond donors (Lipinski definition) is 0. The van der Waals surface area contributed by atoms with Crippen LogP contribution in [0.1, 0.15) is 12.5 Å². The number of rotatable bonds is 6. The third-order valence-corrected chi connectivity index (χ3v) is 2.11. The summed E-state index contributed by atoms with van der Waals surface area (Å²) in [5.74, 6) is -0.965. The molecule has 0 bridgehead atoms. The lowest BCUT2D eigenvalue weighted by atomic mass is 10.1. The molecule has 0 aliphatic carbocycles. The van der Waals surface area contributed by atoms with Gasteiger partial charge in [-0.1, -0.05) is 0 Å². The number of carbonyl (C=O) groups excluding carboxylic acids is 1. The predicted molar refractivity (Wildman–Crippen MR) is 65.4 cm³/mol. The van der Waals surface area contributed by atoms with Gasteiger partial charge >= 0.3 is 12.6 Å². The topological polar surface area (TPSA) is 78.7 Å². The Labute approximate surface area is 112 Å². The Balaban J connectivity index is 3.07. The summed E-state index contributed by atoms with van der Waals surface area (Å²) in [5.41, 5.74) is -0.331. The first kappa shape index (κ1) is 15.5. The monoisotopic (exact) mass is 287 g/mol. The number of ether oxygens (including phenoxy) is 2. The Morgan fingerprint density at radius 3 is 2.75 bits per heavy atom. The molecular weight excluding hydrogens is 276 g/mol. The lowest BCUT2D eigenvalue weighted by molar-refractivity contribution is -0.384. The number of halogens is 2. The van der Waals surface area contributed by atoms with E-state index in [2.05, 4.69) is 9.47 Å². The fourth-order valence-corrected chi connectivity index (χ4v) is 1.33. The number of nitro groups is 1. The number of nitrogens with zero attached hydrogens (tertiary/aromatic N) is 1. The Kier molecular flexibility index (Phi) is 5.57. The number of hydrogen-bond acceptors (Lipinski definition) is 5. The normalized spacial score (nSPS) is 10.8. The van der Waals surface area contributed by atoms with E-state index < -0.39 is 17.5 Å². The molecule has 8 heteroatoms. The molecule has 0 unspecified atom stereocenters. The van der Waals surface area contributed by atoms with Gasteiger partial charge in [0.2, 0.25) is 0 Å². The zero-order valence-corrected chi connectivity index (χ0v) is 10.4. The highest BCUT2D eigenvalue weighted by atomic mass is 19.3. The van der Waals surface area contributed by atoms with Crippen LogP contribution in [0.2, 0.25) is 0 Å². The number of carbonyl (C=O) groups is 1. The fourth-order valence-electron chi connectivity index (χ4n) is 1.33. The molecule has 0 heterocycles. The molecule has 20 heavy (non-hydrogen) atoms. The zero-order chi connectivity index (χ0) is 15.1. The van der Waals surface area contributed by atoms with Crippen molar-refractivity contribution in [2.24, 2.45) is 0 Å². The van der Waals surface area contributed by atoms with Gasteiger partial charge in [-0.05, 0) is 19.1 Å². The van der Waals surface area contributed by atoms with E-state index in [0.29, 0.717) is 0 Å². The molecule has 108 valence electrons. The first-order valence-corrected chi connectivity index (χ1v) is 5.52. The van der Waals surface area contributed by atoms with Crippen LogP contribution in [0.4, 0.5) is 14.5 Å². The third kappa shape index (κ3) is 4.63. The number of esters is 1. The molecule has 0 saturated carbocycles. The second-order valence-electron chi connectivity index (χ2n) is 3.44. The van der Waals surface area contributed by atoms with Gasteiger partial charge in [-0.3, -0.25) is 10.1 Å². The molecule has 0 aromatic heterocycles. The van der Waals surface area contributed by atoms with E-state index in [4.69, 9.17) is 0 Å². The maximum Gasteiger partial charge on any atom is 0.387 e. The first-order valence-electron chi connectivity index (χ1n) is 5.52. The number of alkyl halides is 2. The van der Waals surface area contributed by atoms with Crippen LogP contribution < -0.4 is 4.74 Å². The predicted octanol–water partition coefficient (Wildman–Crippen LogP) is 2.77. The Morgan fingerprint density at radius 1 is 1.50 bits per heavy atom. The highest BCUT2D eigenvalue weighted by molar-refractivity contribution is 5.87. The number of nitro benzene ring substituents is 1. The van der Waals surface area contributed by atoms with Crippen LogP contribution in [-0.2, 0) is 9.53 Å². The SMILES string of the molecule is CCOC(=O)/C=C/c1cc([N+](=O)[O-])ccc1OC(F)F. The smallest absolute Gasteiger partial charge is 0.387 e. The minimum Gasteiger partial charge on any atom is -0.463 e. The molecule has 0 radical (unpaired) electrons. The van der Waals surface area contributed by atoms with Crippen molar-refractivity contribution in [2.75, 3.05) is 6.61 Å². The Morgan fingerprint density at radius 2 is 2.20 bits per heavy atom. The quantitative estimate of drug-likeness (QED) is 0.348. The highest BCUT2D eigenvalue weighted by Crippen LogP contribution is 2.26. The van der Waals surface area contributed by atoms with Crippen LogP contribution in [0.5, 0.6) is 5.75 Å². The van der Waals surface area contributed by atoms with Crippen LogP contribution in [0, 0.1) is 10.1 Å². The van der Waals surface area contributed by atoms with E-state index in [1.54, 1.807) is 6.92 Å². The van der Waals surface area contributed by atoms with Gasteiger partial charge in [0, 0.05) is 23.8 Å². The second-order valence-corrected chi connectivity index (χ2v) is 3.44. The minimum absolute atomic E-state index is 0.0208. The lowest BCUT2D eigenvalue weighted by Crippen LogP contribution is -2.04. The Bertz CT molecular complexity index is 531. The molecule has 1 aromatic carbocycles. The molecular formula is C12H11F2NO5. The summed E-state index contributed by atoms with van der Waals surface area (Å²) in [6.07, 6.45) is 2.09. The lowest BCUT2D eigenvalue weighted by Gasteiger charge is -2.07. The van der Waals surface area contributed by atoms with Gasteiger partial charge in [0.25, 0.3) is 5.69 Å². The van der Waals surface area contributed by atoms with E-state index in [0.717, 1.165) is 30.4 Å².